The predicted molar refractivity (Wildman–Crippen MR) is 164 cm³/mol. The van der Waals surface area contributed by atoms with Crippen LogP contribution in [0.25, 0.3) is 22.6 Å². The van der Waals surface area contributed by atoms with E-state index in [4.69, 9.17) is 18.4 Å². The van der Waals surface area contributed by atoms with Crippen LogP contribution >= 0.6 is 0 Å². The molecule has 0 saturated carbocycles. The largest absolute Gasteiger partial charge is 0.445 e. The van der Waals surface area contributed by atoms with E-state index in [-0.39, 0.29) is 30.0 Å². The number of oxazole rings is 1. The standard InChI is InChI=1S/C32H38N4O7S/c1-22-23(2)34-43-30(22)36(21-41-18-17-40-5)44(38,39)28-10-7-6-9-27(28)26-12-11-24(29-33-14-16-42-29)19-25(26)20-35-15-8-13-32(3,4)31(35)37/h6-7,9-12,14,16,19H,8,13,15,17-18,20-21H2,1-5H3. The summed E-state index contributed by atoms with van der Waals surface area (Å²) in [6, 6.07) is 12.4. The van der Waals surface area contributed by atoms with Gasteiger partial charge >= 0.3 is 0 Å². The molecule has 4 aromatic rings. The van der Waals surface area contributed by atoms with Gasteiger partial charge in [-0.3, -0.25) is 4.79 Å². The lowest BCUT2D eigenvalue weighted by atomic mass is 9.83. The van der Waals surface area contributed by atoms with E-state index in [0.717, 1.165) is 28.3 Å². The van der Waals surface area contributed by atoms with Crippen molar-refractivity contribution in [3.63, 3.8) is 0 Å². The van der Waals surface area contributed by atoms with Gasteiger partial charge in [-0.1, -0.05) is 43.3 Å². The van der Waals surface area contributed by atoms with Crippen LogP contribution in [0, 0.1) is 19.3 Å². The van der Waals surface area contributed by atoms with Crippen molar-refractivity contribution >= 4 is 21.8 Å². The number of amides is 1. The van der Waals surface area contributed by atoms with Crippen molar-refractivity contribution in [3.05, 3.63) is 71.7 Å². The SMILES string of the molecule is COCCOCN(c1onc(C)c1C)S(=O)(=O)c1ccccc1-c1ccc(-c2ncco2)cc1CN1CCCC(C)(C)C1=O. The van der Waals surface area contributed by atoms with Gasteiger partial charge in [-0.15, -0.1) is 0 Å². The van der Waals surface area contributed by atoms with E-state index in [9.17, 15) is 13.2 Å². The minimum absolute atomic E-state index is 0.0548. The number of benzene rings is 2. The first-order valence-corrected chi connectivity index (χ1v) is 15.9. The Morgan fingerprint density at radius 3 is 2.59 bits per heavy atom. The molecule has 1 aliphatic heterocycles. The molecule has 0 unspecified atom stereocenters. The van der Waals surface area contributed by atoms with E-state index in [2.05, 4.69) is 10.1 Å². The molecule has 0 spiro atoms. The summed E-state index contributed by atoms with van der Waals surface area (Å²) in [6.45, 7) is 8.51. The van der Waals surface area contributed by atoms with Gasteiger partial charge in [0, 0.05) is 42.3 Å². The third-order valence-electron chi connectivity index (χ3n) is 7.99. The summed E-state index contributed by atoms with van der Waals surface area (Å²) < 4.78 is 51.9. The number of nitrogens with zero attached hydrogens (tertiary/aromatic N) is 4. The zero-order valence-electron chi connectivity index (χ0n) is 25.7. The summed E-state index contributed by atoms with van der Waals surface area (Å²) in [5.41, 5.74) is 3.31. The predicted octanol–water partition coefficient (Wildman–Crippen LogP) is 5.58. The molecule has 0 bridgehead atoms. The molecule has 234 valence electrons. The lowest BCUT2D eigenvalue weighted by molar-refractivity contribution is -0.144. The fraction of sp³-hybridized carbons (Fsp3) is 0.406. The lowest BCUT2D eigenvalue weighted by Gasteiger charge is -2.37. The quantitative estimate of drug-likeness (QED) is 0.147. The zero-order valence-corrected chi connectivity index (χ0v) is 26.5. The number of hydrogen-bond donors (Lipinski definition) is 0. The van der Waals surface area contributed by atoms with Gasteiger partial charge in [-0.05, 0) is 56.0 Å². The van der Waals surface area contributed by atoms with Gasteiger partial charge in [0.1, 0.15) is 13.0 Å². The summed E-state index contributed by atoms with van der Waals surface area (Å²) in [4.78, 5) is 19.6. The molecule has 3 heterocycles. The number of sulfonamides is 1. The molecular formula is C32H38N4O7S. The van der Waals surface area contributed by atoms with Crippen molar-refractivity contribution in [1.29, 1.82) is 0 Å². The summed E-state index contributed by atoms with van der Waals surface area (Å²) >= 11 is 0. The Hall–Kier alpha value is -4.00. The maximum atomic E-state index is 14.5. The van der Waals surface area contributed by atoms with E-state index in [1.54, 1.807) is 51.4 Å². The van der Waals surface area contributed by atoms with Crippen LogP contribution in [0.5, 0.6) is 0 Å². The molecule has 1 aliphatic rings. The third-order valence-corrected chi connectivity index (χ3v) is 9.75. The lowest BCUT2D eigenvalue weighted by Crippen LogP contribution is -2.45. The van der Waals surface area contributed by atoms with Crippen LogP contribution in [-0.4, -0.2) is 63.0 Å². The Kier molecular flexibility index (Phi) is 9.23. The van der Waals surface area contributed by atoms with Gasteiger partial charge in [-0.2, -0.15) is 0 Å². The average molecular weight is 623 g/mol. The van der Waals surface area contributed by atoms with Crippen molar-refractivity contribution < 1.29 is 31.6 Å². The van der Waals surface area contributed by atoms with Crippen molar-refractivity contribution in [3.8, 4) is 22.6 Å². The second-order valence-corrected chi connectivity index (χ2v) is 13.3. The molecule has 1 fully saturated rings. The van der Waals surface area contributed by atoms with Gasteiger partial charge in [0.25, 0.3) is 10.0 Å². The van der Waals surface area contributed by atoms with Crippen LogP contribution < -0.4 is 4.31 Å². The minimum atomic E-state index is -4.24. The van der Waals surface area contributed by atoms with Crippen LogP contribution in [0.4, 0.5) is 5.88 Å². The van der Waals surface area contributed by atoms with E-state index < -0.39 is 15.4 Å². The first-order valence-electron chi connectivity index (χ1n) is 14.5. The number of rotatable bonds is 12. The monoisotopic (exact) mass is 622 g/mol. The van der Waals surface area contributed by atoms with Crippen LogP contribution in [0.3, 0.4) is 0 Å². The van der Waals surface area contributed by atoms with Crippen LogP contribution in [-0.2, 0) is 30.8 Å². The number of likely N-dealkylation sites (tertiary alicyclic amines) is 1. The highest BCUT2D eigenvalue weighted by Gasteiger charge is 2.36. The van der Waals surface area contributed by atoms with Crippen molar-refractivity contribution in [1.82, 2.24) is 15.0 Å². The van der Waals surface area contributed by atoms with E-state index in [1.807, 2.05) is 36.9 Å². The smallest absolute Gasteiger partial charge is 0.269 e. The van der Waals surface area contributed by atoms with Crippen LogP contribution in [0.2, 0.25) is 0 Å². The highest BCUT2D eigenvalue weighted by Crippen LogP contribution is 2.38. The topological polar surface area (TPSA) is 128 Å². The fourth-order valence-electron chi connectivity index (χ4n) is 5.39. The first-order chi connectivity index (χ1) is 21.0. The number of anilines is 1. The van der Waals surface area contributed by atoms with Crippen molar-refractivity contribution in [2.75, 3.05) is 37.9 Å². The number of aromatic nitrogens is 2. The van der Waals surface area contributed by atoms with Crippen molar-refractivity contribution in [2.45, 2.75) is 52.0 Å². The molecule has 5 rings (SSSR count). The molecule has 0 N–H and O–H groups in total. The highest BCUT2D eigenvalue weighted by molar-refractivity contribution is 7.93. The molecule has 1 amide bonds. The second-order valence-electron chi connectivity index (χ2n) is 11.5. The van der Waals surface area contributed by atoms with Crippen LogP contribution in [0.1, 0.15) is 43.5 Å². The van der Waals surface area contributed by atoms with Gasteiger partial charge < -0.3 is 23.3 Å². The molecule has 0 aliphatic carbocycles. The van der Waals surface area contributed by atoms with E-state index in [0.29, 0.717) is 48.0 Å². The molecule has 2 aromatic heterocycles. The second kappa shape index (κ2) is 12.9. The van der Waals surface area contributed by atoms with Crippen molar-refractivity contribution in [2.24, 2.45) is 5.41 Å². The van der Waals surface area contributed by atoms with Gasteiger partial charge in [0.05, 0.1) is 30.0 Å². The number of methoxy groups -OCH3 is 1. The average Bonchev–Trinajstić information content (AvgIpc) is 3.66. The molecule has 0 atom stereocenters. The summed E-state index contributed by atoms with van der Waals surface area (Å²) in [7, 11) is -2.70. The molecule has 11 nitrogen and oxygen atoms in total. The molecule has 1 saturated heterocycles. The number of hydrogen-bond acceptors (Lipinski definition) is 9. The molecule has 0 radical (unpaired) electrons. The number of piperidine rings is 1. The number of ether oxygens (including phenoxy) is 2. The minimum Gasteiger partial charge on any atom is -0.445 e. The summed E-state index contributed by atoms with van der Waals surface area (Å²) in [5.74, 6) is 0.572. The third kappa shape index (κ3) is 6.28. The normalized spacial score (nSPS) is 15.1. The van der Waals surface area contributed by atoms with E-state index >= 15 is 0 Å². The Balaban J connectivity index is 1.62. The van der Waals surface area contributed by atoms with Gasteiger partial charge in [0.15, 0.2) is 0 Å². The molecule has 12 heteroatoms. The number of carbonyl (C=O) groups excluding carboxylic acids is 1. The molecule has 2 aromatic carbocycles. The Bertz CT molecular complexity index is 1710. The molecular weight excluding hydrogens is 584 g/mol. The summed E-state index contributed by atoms with van der Waals surface area (Å²) in [5, 5.41) is 3.99. The number of carbonyl (C=O) groups is 1. The summed E-state index contributed by atoms with van der Waals surface area (Å²) in [6.07, 6.45) is 4.76. The highest BCUT2D eigenvalue weighted by atomic mass is 32.2. The first kappa shape index (κ1) is 31.4. The van der Waals surface area contributed by atoms with Crippen LogP contribution in [0.15, 0.2) is 68.8 Å². The number of aryl methyl sites for hydroxylation is 1. The maximum absolute atomic E-state index is 14.5. The fourth-order valence-corrected chi connectivity index (χ4v) is 6.93. The van der Waals surface area contributed by atoms with Gasteiger partial charge in [-0.25, -0.2) is 17.7 Å². The Morgan fingerprint density at radius 1 is 1.09 bits per heavy atom. The van der Waals surface area contributed by atoms with E-state index in [1.165, 1.54) is 6.26 Å². The Morgan fingerprint density at radius 2 is 1.89 bits per heavy atom. The maximum Gasteiger partial charge on any atom is 0.269 e. The molecule has 44 heavy (non-hydrogen) atoms. The Labute approximate surface area is 257 Å². The van der Waals surface area contributed by atoms with Gasteiger partial charge in [0.2, 0.25) is 17.7 Å². The zero-order chi connectivity index (χ0) is 31.5.